The number of carbonyl (C=O) groups excluding carboxylic acids is 1. The van der Waals surface area contributed by atoms with Crippen LogP contribution in [-0.4, -0.2) is 16.9 Å². The molecule has 0 spiro atoms. The fourth-order valence-corrected chi connectivity index (χ4v) is 1.53. The van der Waals surface area contributed by atoms with Crippen molar-refractivity contribution in [1.29, 1.82) is 5.26 Å². The number of benzene rings is 1. The number of nitro groups is 1. The van der Waals surface area contributed by atoms with Gasteiger partial charge in [0.25, 0.3) is 11.6 Å². The van der Waals surface area contributed by atoms with Gasteiger partial charge in [-0.1, -0.05) is 13.0 Å². The highest BCUT2D eigenvalue weighted by Gasteiger charge is 2.19. The van der Waals surface area contributed by atoms with Crippen molar-refractivity contribution in [2.24, 2.45) is 0 Å². The first-order chi connectivity index (χ1) is 8.51. The minimum Gasteiger partial charge on any atom is -0.336 e. The first kappa shape index (κ1) is 13.6. The zero-order valence-electron chi connectivity index (χ0n) is 10.1. The van der Waals surface area contributed by atoms with Crippen LogP contribution >= 0.6 is 0 Å². The molecule has 0 radical (unpaired) electrons. The zero-order valence-corrected chi connectivity index (χ0v) is 10.1. The number of hydrogen-bond donors (Lipinski definition) is 1. The van der Waals surface area contributed by atoms with Crippen molar-refractivity contribution in [2.75, 3.05) is 0 Å². The number of nitrogens with zero attached hydrogens (tertiary/aromatic N) is 2. The van der Waals surface area contributed by atoms with Crippen LogP contribution in [0.25, 0.3) is 0 Å². The van der Waals surface area contributed by atoms with Crippen molar-refractivity contribution in [3.05, 3.63) is 39.4 Å². The van der Waals surface area contributed by atoms with Gasteiger partial charge in [0.2, 0.25) is 0 Å². The molecule has 0 fully saturated rings. The van der Waals surface area contributed by atoms with Gasteiger partial charge in [-0.3, -0.25) is 14.9 Å². The lowest BCUT2D eigenvalue weighted by Crippen LogP contribution is -2.33. The summed E-state index contributed by atoms with van der Waals surface area (Å²) in [5.74, 6) is -0.468. The van der Waals surface area contributed by atoms with E-state index < -0.39 is 16.9 Å². The third kappa shape index (κ3) is 2.83. The van der Waals surface area contributed by atoms with Crippen LogP contribution in [0.4, 0.5) is 5.69 Å². The number of hydrogen-bond acceptors (Lipinski definition) is 4. The molecular formula is C12H13N3O3. The number of nitrogens with one attached hydrogen (secondary N) is 1. The molecule has 0 aliphatic rings. The number of nitro benzene ring substituents is 1. The maximum atomic E-state index is 11.9. The Morgan fingerprint density at radius 3 is 2.78 bits per heavy atom. The van der Waals surface area contributed by atoms with Gasteiger partial charge in [-0.15, -0.1) is 0 Å². The van der Waals surface area contributed by atoms with Gasteiger partial charge in [0, 0.05) is 17.2 Å². The van der Waals surface area contributed by atoms with Crippen LogP contribution in [-0.2, 0) is 0 Å². The predicted octanol–water partition coefficient (Wildman–Crippen LogP) is 1.94. The van der Waals surface area contributed by atoms with Crippen molar-refractivity contribution in [3.63, 3.8) is 0 Å². The summed E-state index contributed by atoms with van der Waals surface area (Å²) in [7, 11) is 0. The van der Waals surface area contributed by atoms with Crippen LogP contribution in [0.1, 0.15) is 29.3 Å². The minimum absolute atomic E-state index is 0.104. The van der Waals surface area contributed by atoms with E-state index in [1.165, 1.54) is 25.1 Å². The summed E-state index contributed by atoms with van der Waals surface area (Å²) < 4.78 is 0. The van der Waals surface area contributed by atoms with E-state index in [1.54, 1.807) is 6.92 Å². The molecule has 1 N–H and O–H groups in total. The third-order valence-electron chi connectivity index (χ3n) is 2.62. The average molecular weight is 247 g/mol. The molecular weight excluding hydrogens is 234 g/mol. The summed E-state index contributed by atoms with van der Waals surface area (Å²) in [4.78, 5) is 22.1. The van der Waals surface area contributed by atoms with Gasteiger partial charge >= 0.3 is 0 Å². The Morgan fingerprint density at radius 1 is 1.61 bits per heavy atom. The number of nitriles is 1. The molecule has 1 rings (SSSR count). The molecule has 1 amide bonds. The number of carbonyl (C=O) groups is 1. The van der Waals surface area contributed by atoms with Crippen molar-refractivity contribution >= 4 is 11.6 Å². The largest absolute Gasteiger partial charge is 0.336 e. The predicted molar refractivity (Wildman–Crippen MR) is 65.0 cm³/mol. The Balaban J connectivity index is 3.04. The topological polar surface area (TPSA) is 96.0 Å². The summed E-state index contributed by atoms with van der Waals surface area (Å²) in [6, 6.07) is 5.65. The van der Waals surface area contributed by atoms with Crippen LogP contribution < -0.4 is 5.32 Å². The highest BCUT2D eigenvalue weighted by atomic mass is 16.6. The van der Waals surface area contributed by atoms with Gasteiger partial charge in [-0.05, 0) is 19.4 Å². The molecule has 0 aliphatic carbocycles. The standard InChI is InChI=1S/C12H13N3O3/c1-3-9(7-13)14-12(16)10-5-4-6-11(8(10)2)15(17)18/h4-6,9H,3H2,1-2H3,(H,14,16). The fourth-order valence-electron chi connectivity index (χ4n) is 1.53. The molecule has 0 saturated carbocycles. The molecule has 0 heterocycles. The molecule has 0 bridgehead atoms. The molecule has 94 valence electrons. The summed E-state index contributed by atoms with van der Waals surface area (Å²) in [6.45, 7) is 3.29. The summed E-state index contributed by atoms with van der Waals surface area (Å²) in [5.41, 5.74) is 0.415. The normalized spacial score (nSPS) is 11.4. The number of amides is 1. The minimum atomic E-state index is -0.587. The number of rotatable bonds is 4. The van der Waals surface area contributed by atoms with E-state index in [1.807, 2.05) is 6.07 Å². The second kappa shape index (κ2) is 5.77. The Bertz CT molecular complexity index is 520. The van der Waals surface area contributed by atoms with Crippen LogP contribution in [0.3, 0.4) is 0 Å². The Morgan fingerprint density at radius 2 is 2.28 bits per heavy atom. The molecule has 1 atom stereocenters. The fraction of sp³-hybridized carbons (Fsp3) is 0.333. The molecule has 0 aliphatic heterocycles. The van der Waals surface area contributed by atoms with E-state index >= 15 is 0 Å². The monoisotopic (exact) mass is 247 g/mol. The van der Waals surface area contributed by atoms with Gasteiger partial charge in [-0.25, -0.2) is 0 Å². The van der Waals surface area contributed by atoms with Crippen molar-refractivity contribution in [1.82, 2.24) is 5.32 Å². The van der Waals surface area contributed by atoms with E-state index in [-0.39, 0.29) is 11.3 Å². The van der Waals surface area contributed by atoms with Crippen LogP contribution in [0.2, 0.25) is 0 Å². The first-order valence-electron chi connectivity index (χ1n) is 5.45. The van der Waals surface area contributed by atoms with E-state index in [4.69, 9.17) is 5.26 Å². The van der Waals surface area contributed by atoms with Crippen molar-refractivity contribution < 1.29 is 9.72 Å². The lowest BCUT2D eigenvalue weighted by Gasteiger charge is -2.10. The SMILES string of the molecule is CCC(C#N)NC(=O)c1cccc([N+](=O)[O-])c1C. The second-order valence-corrected chi connectivity index (χ2v) is 3.77. The molecule has 6 heteroatoms. The molecule has 1 unspecified atom stereocenters. The Labute approximate surface area is 104 Å². The van der Waals surface area contributed by atoms with E-state index in [9.17, 15) is 14.9 Å². The van der Waals surface area contributed by atoms with E-state index in [2.05, 4.69) is 5.32 Å². The van der Waals surface area contributed by atoms with Crippen molar-refractivity contribution in [2.45, 2.75) is 26.3 Å². The highest BCUT2D eigenvalue weighted by molar-refractivity contribution is 5.96. The van der Waals surface area contributed by atoms with Crippen molar-refractivity contribution in [3.8, 4) is 6.07 Å². The summed E-state index contributed by atoms with van der Waals surface area (Å²) in [6.07, 6.45) is 0.482. The summed E-state index contributed by atoms with van der Waals surface area (Å²) in [5, 5.41) is 22.0. The van der Waals surface area contributed by atoms with E-state index in [0.29, 0.717) is 12.0 Å². The van der Waals surface area contributed by atoms with Gasteiger partial charge in [0.1, 0.15) is 6.04 Å². The first-order valence-corrected chi connectivity index (χ1v) is 5.45. The smallest absolute Gasteiger partial charge is 0.273 e. The molecule has 1 aromatic rings. The van der Waals surface area contributed by atoms with Gasteiger partial charge < -0.3 is 5.32 Å². The third-order valence-corrected chi connectivity index (χ3v) is 2.62. The highest BCUT2D eigenvalue weighted by Crippen LogP contribution is 2.21. The lowest BCUT2D eigenvalue weighted by atomic mass is 10.1. The quantitative estimate of drug-likeness (QED) is 0.649. The zero-order chi connectivity index (χ0) is 13.7. The van der Waals surface area contributed by atoms with Gasteiger partial charge in [0.15, 0.2) is 0 Å². The Hall–Kier alpha value is -2.42. The Kier molecular flexibility index (Phi) is 4.38. The molecule has 0 aromatic heterocycles. The van der Waals surface area contributed by atoms with Gasteiger partial charge in [0.05, 0.1) is 11.0 Å². The molecule has 0 saturated heterocycles. The lowest BCUT2D eigenvalue weighted by molar-refractivity contribution is -0.385. The maximum absolute atomic E-state index is 11.9. The molecule has 18 heavy (non-hydrogen) atoms. The second-order valence-electron chi connectivity index (χ2n) is 3.77. The van der Waals surface area contributed by atoms with Crippen LogP contribution in [0.5, 0.6) is 0 Å². The van der Waals surface area contributed by atoms with Crippen LogP contribution in [0.15, 0.2) is 18.2 Å². The van der Waals surface area contributed by atoms with Crippen LogP contribution in [0, 0.1) is 28.4 Å². The van der Waals surface area contributed by atoms with E-state index in [0.717, 1.165) is 0 Å². The van der Waals surface area contributed by atoms with Gasteiger partial charge in [-0.2, -0.15) is 5.26 Å². The maximum Gasteiger partial charge on any atom is 0.273 e. The average Bonchev–Trinajstić information content (AvgIpc) is 2.35. The molecule has 6 nitrogen and oxygen atoms in total. The molecule has 1 aromatic carbocycles. The summed E-state index contributed by atoms with van der Waals surface area (Å²) >= 11 is 0.